The van der Waals surface area contributed by atoms with Gasteiger partial charge in [-0.2, -0.15) is 0 Å². The molecule has 0 amide bonds. The summed E-state index contributed by atoms with van der Waals surface area (Å²) in [5.74, 6) is 0. The highest BCUT2D eigenvalue weighted by Gasteiger charge is 2.18. The highest BCUT2D eigenvalue weighted by Crippen LogP contribution is 2.24. The molecule has 0 saturated carbocycles. The molecule has 1 nitrogen and oxygen atoms in total. The van der Waals surface area contributed by atoms with Crippen LogP contribution in [0.5, 0.6) is 0 Å². The Hall–Kier alpha value is 2.38. The average Bonchev–Trinajstić information content (AvgIpc) is 1.64. The molecule has 0 aromatic heterocycles. The maximum Gasteiger partial charge on any atom is 0.0974 e. The van der Waals surface area contributed by atoms with Gasteiger partial charge < -0.3 is 5.11 Å². The van der Waals surface area contributed by atoms with E-state index in [1.807, 2.05) is 0 Å². The van der Waals surface area contributed by atoms with E-state index in [1.165, 1.54) is 0 Å². The van der Waals surface area contributed by atoms with E-state index in [2.05, 4.69) is 77.0 Å². The lowest BCUT2D eigenvalue weighted by Gasteiger charge is -2.11. The van der Waals surface area contributed by atoms with Crippen LogP contribution in [-0.4, -0.2) is 16.9 Å². The van der Waals surface area contributed by atoms with Crippen molar-refractivity contribution in [3.8, 4) is 0 Å². The molecule has 0 heterocycles. The number of aliphatic hydroxyl groups excluding tert-OH is 1. The van der Waals surface area contributed by atoms with Crippen molar-refractivity contribution in [1.29, 1.82) is 0 Å². The van der Waals surface area contributed by atoms with Crippen molar-refractivity contribution < 1.29 is 5.11 Å². The van der Waals surface area contributed by atoms with Crippen LogP contribution in [0.25, 0.3) is 0 Å². The van der Waals surface area contributed by atoms with Gasteiger partial charge in [0.25, 0.3) is 0 Å². The lowest BCUT2D eigenvalue weighted by molar-refractivity contribution is 0.219. The first kappa shape index (κ1) is 10.4. The van der Waals surface area contributed by atoms with E-state index < -0.39 is 0 Å². The summed E-state index contributed by atoms with van der Waals surface area (Å²) in [6, 6.07) is 0. The van der Waals surface area contributed by atoms with E-state index in [4.69, 9.17) is 5.11 Å². The van der Waals surface area contributed by atoms with Gasteiger partial charge in [-0.25, -0.2) is 0 Å². The Morgan fingerprint density at radius 3 is 1.62 bits per heavy atom. The lowest BCUT2D eigenvalue weighted by atomic mass is 10.5. The van der Waals surface area contributed by atoms with Crippen LogP contribution in [0.1, 0.15) is 0 Å². The lowest BCUT2D eigenvalue weighted by Crippen LogP contribution is -2.21. The fourth-order valence-electron chi connectivity index (χ4n) is 0.110. The maximum absolute atomic E-state index is 9.09. The second kappa shape index (κ2) is 5.09. The van der Waals surface area contributed by atoms with Crippen LogP contribution in [0.4, 0.5) is 0 Å². The minimum Gasteiger partial charge on any atom is -0.389 e. The summed E-state index contributed by atoms with van der Waals surface area (Å²) >= 11 is 10.7. The van der Waals surface area contributed by atoms with Crippen LogP contribution < -0.4 is 0 Å². The minimum absolute atomic E-state index is 0.00815. The number of aliphatic hydroxyl groups is 1. The Balaban J connectivity index is 3.46. The van der Waals surface area contributed by atoms with Gasteiger partial charge in [-0.05, 0) is 0 Å². The first-order valence-corrected chi connectivity index (χ1v) is 6.12. The molecule has 0 saturated heterocycles. The van der Waals surface area contributed by atoms with Crippen LogP contribution in [0.2, 0.25) is 0 Å². The highest BCUT2D eigenvalue weighted by atomic mass is 127. The quantitative estimate of drug-likeness (QED) is 0.487. The Bertz CT molecular complexity index is 60.3. The molecule has 1 atom stereocenters. The molecule has 0 bridgehead atoms. The molecule has 0 aliphatic rings. The molecule has 0 aromatic carbocycles. The molecule has 1 N–H and O–H groups in total. The number of hydrogen-bond acceptors (Lipinski definition) is 1. The van der Waals surface area contributed by atoms with Gasteiger partial charge in [0.2, 0.25) is 0 Å². The zero-order valence-corrected chi connectivity index (χ0v) is 11.2. The number of rotatable bonds is 2. The highest BCUT2D eigenvalue weighted by molar-refractivity contribution is 14.2. The van der Waals surface area contributed by atoms with E-state index in [1.54, 1.807) is 0 Å². The van der Waals surface area contributed by atoms with Crippen LogP contribution in [0, 0.1) is 0 Å². The van der Waals surface area contributed by atoms with Gasteiger partial charge in [-0.15, -0.1) is 0 Å². The van der Waals surface area contributed by atoms with Gasteiger partial charge in [-0.1, -0.05) is 77.0 Å². The molecule has 0 aliphatic carbocycles. The summed E-state index contributed by atoms with van der Waals surface area (Å²) in [5, 5.41) is 9.09. The first-order valence-electron chi connectivity index (χ1n) is 1.80. The Labute approximate surface area is 92.5 Å². The van der Waals surface area contributed by atoms with E-state index in [9.17, 15) is 0 Å². The molecular weight excluding hydrogens is 466 g/mol. The minimum atomic E-state index is -0.323. The third-order valence-electron chi connectivity index (χ3n) is 0.516. The third kappa shape index (κ3) is 4.24. The van der Waals surface area contributed by atoms with Crippen molar-refractivity contribution in [3.63, 3.8) is 0 Å². The molecular formula is C3H4Br2I2O. The maximum atomic E-state index is 9.09. The number of hydrogen-bond donors (Lipinski definition) is 1. The van der Waals surface area contributed by atoms with E-state index in [0.29, 0.717) is 0 Å². The summed E-state index contributed by atoms with van der Waals surface area (Å²) in [7, 11) is 0. The molecule has 0 aliphatic heterocycles. The molecule has 8 heavy (non-hydrogen) atoms. The number of alkyl halides is 4. The fraction of sp³-hybridized carbons (Fsp3) is 1.00. The molecule has 50 valence electrons. The smallest absolute Gasteiger partial charge is 0.0974 e. The van der Waals surface area contributed by atoms with Crippen LogP contribution in [-0.2, 0) is 0 Å². The van der Waals surface area contributed by atoms with Crippen molar-refractivity contribution >= 4 is 77.0 Å². The summed E-state index contributed by atoms with van der Waals surface area (Å²) < 4.78 is 0.253. The fourth-order valence-corrected chi connectivity index (χ4v) is 3.83. The van der Waals surface area contributed by atoms with Crippen LogP contribution in [0.3, 0.4) is 0 Å². The van der Waals surface area contributed by atoms with Gasteiger partial charge in [-0.3, -0.25) is 0 Å². The average molecular weight is 470 g/mol. The van der Waals surface area contributed by atoms with E-state index in [-0.39, 0.29) is 11.8 Å². The molecule has 1 unspecified atom stereocenters. The van der Waals surface area contributed by atoms with Gasteiger partial charge in [0, 0.05) is 0 Å². The predicted molar refractivity (Wildman–Crippen MR) is 59.5 cm³/mol. The van der Waals surface area contributed by atoms with Gasteiger partial charge in [0.15, 0.2) is 0 Å². The molecule has 0 rings (SSSR count). The van der Waals surface area contributed by atoms with Crippen molar-refractivity contribution in [2.75, 3.05) is 0 Å². The molecule has 5 heteroatoms. The monoisotopic (exact) mass is 468 g/mol. The normalized spacial score (nSPS) is 15.4. The first-order chi connectivity index (χ1) is 3.55. The molecule has 0 spiro atoms. The SMILES string of the molecule is OC(C(Br)Br)C(I)I. The van der Waals surface area contributed by atoms with Gasteiger partial charge in [0.05, 0.1) is 11.8 Å². The summed E-state index contributed by atoms with van der Waals surface area (Å²) in [5.41, 5.74) is 0. The standard InChI is InChI=1S/C3H4Br2I2O/c4-2(5)1(8)3(6)7/h1-3,8H. The Kier molecular flexibility index (Phi) is 6.60. The molecule has 0 aromatic rings. The molecule has 0 radical (unpaired) electrons. The van der Waals surface area contributed by atoms with Gasteiger partial charge in [0.1, 0.15) is 0 Å². The summed E-state index contributed by atoms with van der Waals surface area (Å²) in [6.07, 6.45) is -0.323. The predicted octanol–water partition coefficient (Wildman–Crippen LogP) is 2.66. The topological polar surface area (TPSA) is 20.2 Å². The van der Waals surface area contributed by atoms with Crippen molar-refractivity contribution in [2.24, 2.45) is 0 Å². The summed E-state index contributed by atoms with van der Waals surface area (Å²) in [6.45, 7) is 0. The number of halogens is 4. The van der Waals surface area contributed by atoms with Crippen LogP contribution >= 0.6 is 77.0 Å². The largest absolute Gasteiger partial charge is 0.389 e. The zero-order valence-electron chi connectivity index (χ0n) is 3.69. The van der Waals surface area contributed by atoms with Crippen molar-refractivity contribution in [2.45, 2.75) is 11.8 Å². The second-order valence-electron chi connectivity index (χ2n) is 1.16. The Morgan fingerprint density at radius 1 is 1.25 bits per heavy atom. The van der Waals surface area contributed by atoms with E-state index >= 15 is 0 Å². The van der Waals surface area contributed by atoms with Crippen LogP contribution in [0.15, 0.2) is 0 Å². The third-order valence-corrected chi connectivity index (χ3v) is 3.07. The van der Waals surface area contributed by atoms with Crippen molar-refractivity contribution in [1.82, 2.24) is 0 Å². The molecule has 0 fully saturated rings. The van der Waals surface area contributed by atoms with Crippen molar-refractivity contribution in [3.05, 3.63) is 0 Å². The second-order valence-corrected chi connectivity index (χ2v) is 9.43. The van der Waals surface area contributed by atoms with Gasteiger partial charge >= 0.3 is 0 Å². The Morgan fingerprint density at radius 2 is 1.62 bits per heavy atom. The van der Waals surface area contributed by atoms with E-state index in [0.717, 1.165) is 0 Å². The summed E-state index contributed by atoms with van der Waals surface area (Å²) in [4.78, 5) is 0. The zero-order chi connectivity index (χ0) is 6.73.